The molecule has 1 unspecified atom stereocenters. The average Bonchev–Trinajstić information content (AvgIpc) is 2.96. The van der Waals surface area contributed by atoms with Gasteiger partial charge >= 0.3 is 7.60 Å². The van der Waals surface area contributed by atoms with Gasteiger partial charge in [0.1, 0.15) is 10.8 Å². The van der Waals surface area contributed by atoms with Gasteiger partial charge in [-0.05, 0) is 56.3 Å². The molecule has 1 heterocycles. The topological polar surface area (TPSA) is 91.7 Å². The number of methoxy groups -OCH3 is 1. The molecule has 1 atom stereocenters. The van der Waals surface area contributed by atoms with Crippen LogP contribution in [-0.2, 0) is 13.6 Å². The minimum Gasteiger partial charge on any atom is -0.496 e. The van der Waals surface area contributed by atoms with Crippen molar-refractivity contribution in [3.8, 4) is 11.4 Å². The zero-order chi connectivity index (χ0) is 27.8. The van der Waals surface area contributed by atoms with E-state index in [0.717, 1.165) is 4.90 Å². The maximum Gasteiger partial charge on any atom is 0.357 e. The van der Waals surface area contributed by atoms with Crippen LogP contribution in [0.1, 0.15) is 25.2 Å². The van der Waals surface area contributed by atoms with Crippen molar-refractivity contribution in [1.82, 2.24) is 9.78 Å². The van der Waals surface area contributed by atoms with E-state index in [9.17, 15) is 9.36 Å². The number of anilines is 1. The Morgan fingerprint density at radius 3 is 2.26 bits per heavy atom. The Morgan fingerprint density at radius 1 is 0.974 bits per heavy atom. The van der Waals surface area contributed by atoms with Crippen LogP contribution in [0, 0.1) is 0 Å². The molecule has 0 spiro atoms. The van der Waals surface area contributed by atoms with Crippen LogP contribution >= 0.6 is 31.0 Å². The van der Waals surface area contributed by atoms with Crippen molar-refractivity contribution < 1.29 is 18.3 Å². The molecule has 204 valence electrons. The van der Waals surface area contributed by atoms with E-state index in [-0.39, 0.29) is 18.2 Å². The molecule has 0 saturated heterocycles. The van der Waals surface area contributed by atoms with E-state index in [4.69, 9.17) is 25.4 Å². The number of aromatic nitrogens is 2. The number of halogens is 1. The highest BCUT2D eigenvalue weighted by Crippen LogP contribution is 2.62. The highest BCUT2D eigenvalue weighted by molar-refractivity contribution is 7.99. The molecule has 0 radical (unpaired) electrons. The zero-order valence-electron chi connectivity index (χ0n) is 21.7. The van der Waals surface area contributed by atoms with E-state index in [1.54, 1.807) is 45.4 Å². The average molecular weight is 586 g/mol. The summed E-state index contributed by atoms with van der Waals surface area (Å²) in [5.74, 6) is -0.245. The third kappa shape index (κ3) is 6.75. The molecule has 8 nitrogen and oxygen atoms in total. The molecule has 11 heteroatoms. The highest BCUT2D eigenvalue weighted by Gasteiger charge is 2.38. The fraction of sp³-hybridized carbons (Fsp3) is 0.214. The predicted molar refractivity (Wildman–Crippen MR) is 156 cm³/mol. The highest BCUT2D eigenvalue weighted by atomic mass is 35.5. The maximum atomic E-state index is 13.9. The molecule has 3 aromatic carbocycles. The molecule has 1 aromatic heterocycles. The number of hydrogen-bond donors (Lipinski definition) is 1. The summed E-state index contributed by atoms with van der Waals surface area (Å²) in [6, 6.07) is 23.9. The van der Waals surface area contributed by atoms with Crippen molar-refractivity contribution in [2.45, 2.75) is 29.4 Å². The summed E-state index contributed by atoms with van der Waals surface area (Å²) in [6.07, 6.45) is 1.58. The van der Waals surface area contributed by atoms with Gasteiger partial charge in [0.25, 0.3) is 5.56 Å². The fourth-order valence-electron chi connectivity index (χ4n) is 3.91. The third-order valence-corrected chi connectivity index (χ3v) is 9.43. The Labute approximate surface area is 236 Å². The fourth-order valence-corrected chi connectivity index (χ4v) is 6.91. The first-order valence-electron chi connectivity index (χ1n) is 12.3. The van der Waals surface area contributed by atoms with Gasteiger partial charge in [-0.25, -0.2) is 0 Å². The number of ether oxygens (including phenoxy) is 1. The number of hydrogen-bond acceptors (Lipinski definition) is 8. The Hall–Kier alpha value is -3.07. The monoisotopic (exact) mass is 585 g/mol. The Morgan fingerprint density at radius 2 is 1.62 bits per heavy atom. The van der Waals surface area contributed by atoms with E-state index in [1.165, 1.54) is 16.4 Å². The summed E-state index contributed by atoms with van der Waals surface area (Å²) in [7, 11) is -2.06. The van der Waals surface area contributed by atoms with Crippen LogP contribution in [0.4, 0.5) is 5.69 Å². The van der Waals surface area contributed by atoms with Gasteiger partial charge < -0.3 is 19.1 Å². The molecule has 0 aliphatic carbocycles. The largest absolute Gasteiger partial charge is 0.496 e. The Kier molecular flexibility index (Phi) is 9.88. The molecule has 1 N–H and O–H groups in total. The molecular weight excluding hydrogens is 557 g/mol. The second kappa shape index (κ2) is 13.3. The first-order chi connectivity index (χ1) is 18.9. The van der Waals surface area contributed by atoms with Crippen LogP contribution < -0.4 is 15.6 Å². The Bertz CT molecular complexity index is 1490. The predicted octanol–water partition coefficient (Wildman–Crippen LogP) is 7.42. The van der Waals surface area contributed by atoms with Gasteiger partial charge in [-0.3, -0.25) is 9.36 Å². The van der Waals surface area contributed by atoms with Crippen molar-refractivity contribution in [3.63, 3.8) is 0 Å². The van der Waals surface area contributed by atoms with Gasteiger partial charge in [0.15, 0.2) is 5.78 Å². The van der Waals surface area contributed by atoms with Crippen LogP contribution in [0.3, 0.4) is 0 Å². The van der Waals surface area contributed by atoms with Gasteiger partial charge in [0.05, 0.1) is 37.1 Å². The lowest BCUT2D eigenvalue weighted by Crippen LogP contribution is -2.21. The quantitative estimate of drug-likeness (QED) is 0.172. The molecule has 39 heavy (non-hydrogen) atoms. The molecule has 4 aromatic rings. The van der Waals surface area contributed by atoms with Crippen molar-refractivity contribution in [1.29, 1.82) is 0 Å². The lowest BCUT2D eigenvalue weighted by atomic mass is 10.2. The van der Waals surface area contributed by atoms with Crippen LogP contribution in [0.15, 0.2) is 99.6 Å². The normalized spacial score (nSPS) is 12.2. The van der Waals surface area contributed by atoms with Crippen molar-refractivity contribution in [2.24, 2.45) is 0 Å². The van der Waals surface area contributed by atoms with E-state index in [2.05, 4.69) is 10.4 Å². The molecule has 0 fully saturated rings. The van der Waals surface area contributed by atoms with Crippen LogP contribution in [0.5, 0.6) is 5.75 Å². The summed E-state index contributed by atoms with van der Waals surface area (Å²) in [5, 5.41) is 7.70. The molecule has 0 amide bonds. The minimum atomic E-state index is -3.62. The number of nitrogens with zero attached hydrogens (tertiary/aromatic N) is 2. The lowest BCUT2D eigenvalue weighted by Gasteiger charge is -2.29. The van der Waals surface area contributed by atoms with Gasteiger partial charge in [-0.2, -0.15) is 9.78 Å². The van der Waals surface area contributed by atoms with Crippen molar-refractivity contribution in [2.75, 3.05) is 25.6 Å². The van der Waals surface area contributed by atoms with E-state index in [1.807, 2.05) is 60.7 Å². The second-order valence-electron chi connectivity index (χ2n) is 8.17. The number of nitrogens with one attached hydrogen (secondary N) is 1. The summed E-state index contributed by atoms with van der Waals surface area (Å²) in [5.41, 5.74) is 1.59. The van der Waals surface area contributed by atoms with Crippen molar-refractivity contribution in [3.05, 3.63) is 106 Å². The lowest BCUT2D eigenvalue weighted by molar-refractivity contribution is 0.213. The van der Waals surface area contributed by atoms with Crippen LogP contribution in [0.2, 0.25) is 5.02 Å². The van der Waals surface area contributed by atoms with E-state index in [0.29, 0.717) is 27.6 Å². The Balaban J connectivity index is 1.59. The second-order valence-corrected chi connectivity index (χ2v) is 11.8. The van der Waals surface area contributed by atoms with Crippen LogP contribution in [-0.4, -0.2) is 30.1 Å². The standard InChI is InChI=1S/C28H29ClN3O5PS/c1-4-36-38(34,37-5-2)27(23-13-9-10-14-24(23)35-3)31-20-15-17-22(18-16-20)39-25-19-30-32(28(33)26(25)29)21-11-7-6-8-12-21/h6-19,27,31H,4-5H2,1-3H3. The minimum absolute atomic E-state index is 0.0895. The molecule has 0 aliphatic heterocycles. The third-order valence-electron chi connectivity index (χ3n) is 5.64. The number of rotatable bonds is 12. The van der Waals surface area contributed by atoms with E-state index >= 15 is 0 Å². The van der Waals surface area contributed by atoms with Crippen molar-refractivity contribution >= 4 is 36.6 Å². The summed E-state index contributed by atoms with van der Waals surface area (Å²) in [6.45, 7) is 3.99. The summed E-state index contributed by atoms with van der Waals surface area (Å²) >= 11 is 7.75. The molecule has 0 saturated carbocycles. The zero-order valence-corrected chi connectivity index (χ0v) is 24.2. The molecule has 4 rings (SSSR count). The van der Waals surface area contributed by atoms with Gasteiger partial charge in [0, 0.05) is 16.1 Å². The molecule has 0 bridgehead atoms. The van der Waals surface area contributed by atoms with Gasteiger partial charge in [-0.1, -0.05) is 59.8 Å². The molecule has 0 aliphatic rings. The van der Waals surface area contributed by atoms with Gasteiger partial charge in [0.2, 0.25) is 0 Å². The summed E-state index contributed by atoms with van der Waals surface area (Å²) in [4.78, 5) is 14.2. The first-order valence-corrected chi connectivity index (χ1v) is 15.1. The van der Waals surface area contributed by atoms with Crippen LogP contribution in [0.25, 0.3) is 5.69 Å². The van der Waals surface area contributed by atoms with E-state index < -0.39 is 18.9 Å². The first kappa shape index (κ1) is 28.9. The number of benzene rings is 3. The number of para-hydroxylation sites is 2. The smallest absolute Gasteiger partial charge is 0.357 e. The summed E-state index contributed by atoms with van der Waals surface area (Å²) < 4.78 is 32.1. The maximum absolute atomic E-state index is 13.9. The van der Waals surface area contributed by atoms with Gasteiger partial charge in [-0.15, -0.1) is 0 Å². The SMILES string of the molecule is CCOP(=O)(OCC)C(Nc1ccc(Sc2cnn(-c3ccccc3)c(=O)c2Cl)cc1)c1ccccc1OC. The molecular formula is C28H29ClN3O5PS.